The van der Waals surface area contributed by atoms with Gasteiger partial charge in [-0.25, -0.2) is 8.42 Å². The van der Waals surface area contributed by atoms with Crippen LogP contribution >= 0.6 is 31.9 Å². The van der Waals surface area contributed by atoms with Gasteiger partial charge in [0.25, 0.3) is 0 Å². The Morgan fingerprint density at radius 3 is 2.63 bits per heavy atom. The van der Waals surface area contributed by atoms with Gasteiger partial charge in [0.05, 0.1) is 5.69 Å². The lowest BCUT2D eigenvalue weighted by Gasteiger charge is -2.30. The lowest BCUT2D eigenvalue weighted by atomic mass is 10.0. The van der Waals surface area contributed by atoms with Crippen molar-refractivity contribution in [3.05, 3.63) is 21.1 Å². The molecule has 1 fully saturated rings. The smallest absolute Gasteiger partial charge is 0.246 e. The molecule has 1 aromatic rings. The van der Waals surface area contributed by atoms with E-state index in [9.17, 15) is 8.42 Å². The van der Waals surface area contributed by atoms with Gasteiger partial charge in [0.2, 0.25) is 10.0 Å². The van der Waals surface area contributed by atoms with Crippen molar-refractivity contribution in [2.45, 2.75) is 24.7 Å². The SMILES string of the molecule is CC1CCCN(S(=O)(=O)c2c(N)cc(Br)cc2Br)C1. The summed E-state index contributed by atoms with van der Waals surface area (Å²) in [7, 11) is -3.53. The third-order valence-corrected chi connectivity index (χ3v) is 6.58. The van der Waals surface area contributed by atoms with Gasteiger partial charge in [-0.1, -0.05) is 22.9 Å². The quantitative estimate of drug-likeness (QED) is 0.760. The van der Waals surface area contributed by atoms with Crippen LogP contribution in [0.2, 0.25) is 0 Å². The second-order valence-corrected chi connectivity index (χ2v) is 8.56. The second-order valence-electron chi connectivity index (χ2n) is 4.92. The average Bonchev–Trinajstić information content (AvgIpc) is 2.26. The highest BCUT2D eigenvalue weighted by Gasteiger charge is 2.31. The highest BCUT2D eigenvalue weighted by atomic mass is 79.9. The highest BCUT2D eigenvalue weighted by molar-refractivity contribution is 9.11. The predicted octanol–water partition coefficient (Wildman–Crippen LogP) is 3.21. The molecule has 0 radical (unpaired) electrons. The van der Waals surface area contributed by atoms with Gasteiger partial charge in [-0.05, 0) is 46.8 Å². The lowest BCUT2D eigenvalue weighted by Crippen LogP contribution is -2.39. The zero-order valence-corrected chi connectivity index (χ0v) is 14.6. The standard InChI is InChI=1S/C12H16Br2N2O2S/c1-8-3-2-4-16(7-8)19(17,18)12-10(14)5-9(13)6-11(12)15/h5-6,8H,2-4,7,15H2,1H3. The molecule has 2 N–H and O–H groups in total. The van der Waals surface area contributed by atoms with Crippen molar-refractivity contribution >= 4 is 47.6 Å². The number of hydrogen-bond acceptors (Lipinski definition) is 3. The molecule has 19 heavy (non-hydrogen) atoms. The molecular weight excluding hydrogens is 396 g/mol. The fourth-order valence-electron chi connectivity index (χ4n) is 2.35. The highest BCUT2D eigenvalue weighted by Crippen LogP contribution is 2.34. The van der Waals surface area contributed by atoms with Crippen LogP contribution in [0.25, 0.3) is 0 Å². The van der Waals surface area contributed by atoms with E-state index in [-0.39, 0.29) is 10.6 Å². The Morgan fingerprint density at radius 2 is 2.05 bits per heavy atom. The van der Waals surface area contributed by atoms with Crippen LogP contribution in [0.15, 0.2) is 26.0 Å². The maximum atomic E-state index is 12.7. The number of nitrogens with zero attached hydrogens (tertiary/aromatic N) is 1. The number of sulfonamides is 1. The van der Waals surface area contributed by atoms with Crippen LogP contribution in [0.3, 0.4) is 0 Å². The Kier molecular flexibility index (Phi) is 4.59. The minimum Gasteiger partial charge on any atom is -0.398 e. The molecular formula is C12H16Br2N2O2S. The summed E-state index contributed by atoms with van der Waals surface area (Å²) < 4.78 is 28.2. The van der Waals surface area contributed by atoms with Crippen molar-refractivity contribution in [2.75, 3.05) is 18.8 Å². The fourth-order valence-corrected chi connectivity index (χ4v) is 5.96. The zero-order chi connectivity index (χ0) is 14.2. The molecule has 0 bridgehead atoms. The molecule has 1 aliphatic heterocycles. The molecule has 1 aliphatic rings. The molecule has 7 heteroatoms. The summed E-state index contributed by atoms with van der Waals surface area (Å²) in [6, 6.07) is 3.32. The first-order valence-corrected chi connectivity index (χ1v) is 9.09. The summed E-state index contributed by atoms with van der Waals surface area (Å²) in [5.74, 6) is 0.388. The van der Waals surface area contributed by atoms with Gasteiger partial charge in [0, 0.05) is 22.0 Å². The largest absolute Gasteiger partial charge is 0.398 e. The van der Waals surface area contributed by atoms with Gasteiger partial charge in [0.15, 0.2) is 0 Å². The number of nitrogens with two attached hydrogens (primary N) is 1. The third kappa shape index (κ3) is 3.15. The Balaban J connectivity index is 2.45. The Hall–Kier alpha value is -0.110. The van der Waals surface area contributed by atoms with Crippen molar-refractivity contribution in [3.63, 3.8) is 0 Å². The van der Waals surface area contributed by atoms with Crippen molar-refractivity contribution in [2.24, 2.45) is 5.92 Å². The maximum Gasteiger partial charge on any atom is 0.246 e. The van der Waals surface area contributed by atoms with Crippen LogP contribution in [0.1, 0.15) is 19.8 Å². The Bertz CT molecular complexity index is 566. The average molecular weight is 412 g/mol. The molecule has 0 aromatic heterocycles. The molecule has 0 amide bonds. The van der Waals surface area contributed by atoms with Crippen LogP contribution in [-0.4, -0.2) is 25.8 Å². The summed E-state index contributed by atoms with van der Waals surface area (Å²) >= 11 is 6.60. The molecule has 1 aromatic carbocycles. The van der Waals surface area contributed by atoms with E-state index in [1.54, 1.807) is 12.1 Å². The first-order chi connectivity index (χ1) is 8.82. The van der Waals surface area contributed by atoms with E-state index in [0.29, 0.717) is 23.5 Å². The number of piperidine rings is 1. The summed E-state index contributed by atoms with van der Waals surface area (Å²) in [4.78, 5) is 0.171. The molecule has 1 atom stereocenters. The Labute approximate surface area is 130 Å². The van der Waals surface area contributed by atoms with Gasteiger partial charge in [-0.2, -0.15) is 4.31 Å². The van der Waals surface area contributed by atoms with E-state index >= 15 is 0 Å². The number of rotatable bonds is 2. The van der Waals surface area contributed by atoms with E-state index in [2.05, 4.69) is 38.8 Å². The summed E-state index contributed by atoms with van der Waals surface area (Å²) in [6.07, 6.45) is 1.97. The summed E-state index contributed by atoms with van der Waals surface area (Å²) in [5, 5.41) is 0. The van der Waals surface area contributed by atoms with Crippen molar-refractivity contribution < 1.29 is 8.42 Å². The molecule has 4 nitrogen and oxygen atoms in total. The minimum absolute atomic E-state index is 0.171. The maximum absolute atomic E-state index is 12.7. The molecule has 0 aliphatic carbocycles. The number of nitrogen functional groups attached to an aromatic ring is 1. The molecule has 106 valence electrons. The molecule has 2 rings (SSSR count). The van der Waals surface area contributed by atoms with Gasteiger partial charge in [-0.15, -0.1) is 0 Å². The summed E-state index contributed by atoms with van der Waals surface area (Å²) in [6.45, 7) is 3.19. The first-order valence-electron chi connectivity index (χ1n) is 6.07. The van der Waals surface area contributed by atoms with Crippen LogP contribution in [-0.2, 0) is 10.0 Å². The van der Waals surface area contributed by atoms with E-state index in [4.69, 9.17) is 5.73 Å². The zero-order valence-electron chi connectivity index (χ0n) is 10.6. The van der Waals surface area contributed by atoms with Crippen molar-refractivity contribution in [3.8, 4) is 0 Å². The number of hydrogen-bond donors (Lipinski definition) is 1. The number of benzene rings is 1. The van der Waals surface area contributed by atoms with E-state index in [0.717, 1.165) is 17.3 Å². The van der Waals surface area contributed by atoms with Crippen LogP contribution in [0, 0.1) is 5.92 Å². The van der Waals surface area contributed by atoms with Crippen LogP contribution < -0.4 is 5.73 Å². The molecule has 0 spiro atoms. The third-order valence-electron chi connectivity index (χ3n) is 3.25. The van der Waals surface area contributed by atoms with Gasteiger partial charge < -0.3 is 5.73 Å². The predicted molar refractivity (Wildman–Crippen MR) is 83.4 cm³/mol. The van der Waals surface area contributed by atoms with Crippen LogP contribution in [0.4, 0.5) is 5.69 Å². The Morgan fingerprint density at radius 1 is 1.37 bits per heavy atom. The van der Waals surface area contributed by atoms with E-state index < -0.39 is 10.0 Å². The lowest BCUT2D eigenvalue weighted by molar-refractivity contribution is 0.281. The van der Waals surface area contributed by atoms with Gasteiger partial charge >= 0.3 is 0 Å². The van der Waals surface area contributed by atoms with E-state index in [1.165, 1.54) is 4.31 Å². The first kappa shape index (κ1) is 15.3. The molecule has 1 saturated heterocycles. The monoisotopic (exact) mass is 410 g/mol. The summed E-state index contributed by atoms with van der Waals surface area (Å²) in [5.41, 5.74) is 6.15. The van der Waals surface area contributed by atoms with Gasteiger partial charge in [-0.3, -0.25) is 0 Å². The molecule has 0 saturated carbocycles. The van der Waals surface area contributed by atoms with E-state index in [1.807, 2.05) is 0 Å². The topological polar surface area (TPSA) is 63.4 Å². The fraction of sp³-hybridized carbons (Fsp3) is 0.500. The number of halogens is 2. The normalized spacial score (nSPS) is 21.5. The number of anilines is 1. The van der Waals surface area contributed by atoms with Crippen molar-refractivity contribution in [1.82, 2.24) is 4.31 Å². The van der Waals surface area contributed by atoms with Gasteiger partial charge in [0.1, 0.15) is 4.90 Å². The van der Waals surface area contributed by atoms with Crippen molar-refractivity contribution in [1.29, 1.82) is 0 Å². The second kappa shape index (κ2) is 5.71. The molecule has 1 unspecified atom stereocenters. The van der Waals surface area contributed by atoms with Crippen LogP contribution in [0.5, 0.6) is 0 Å². The minimum atomic E-state index is -3.53. The molecule has 1 heterocycles.